The van der Waals surface area contributed by atoms with Crippen LogP contribution in [0.1, 0.15) is 109 Å². The molecule has 2 unspecified atom stereocenters. The molecular weight excluding hydrogens is 681 g/mol. The predicted molar refractivity (Wildman–Crippen MR) is 204 cm³/mol. The van der Waals surface area contributed by atoms with Gasteiger partial charge in [0.1, 0.15) is 11.7 Å². The molecule has 12 nitrogen and oxygen atoms in total. The van der Waals surface area contributed by atoms with Crippen LogP contribution in [-0.4, -0.2) is 99.8 Å². The normalized spacial score (nSPS) is 22.1. The second-order valence-electron chi connectivity index (χ2n) is 17.7. The quantitative estimate of drug-likeness (QED) is 0.256. The van der Waals surface area contributed by atoms with Crippen molar-refractivity contribution in [2.45, 2.75) is 141 Å². The number of fused-ring (bicyclic) bond motifs is 1. The van der Waals surface area contributed by atoms with Crippen molar-refractivity contribution in [1.82, 2.24) is 30.6 Å². The number of carbonyl (C=O) groups excluding carboxylic acids is 3. The Morgan fingerprint density at radius 3 is 2.13 bits per heavy atom. The molecule has 2 heterocycles. The molecule has 290 valence electrons. The molecule has 52 heavy (non-hydrogen) atoms. The van der Waals surface area contributed by atoms with E-state index >= 15 is 0 Å². The van der Waals surface area contributed by atoms with Crippen LogP contribution in [0, 0.1) is 18.8 Å². The zero-order valence-electron chi connectivity index (χ0n) is 32.8. The fourth-order valence-corrected chi connectivity index (χ4v) is 8.24. The number of aliphatic hydroxyl groups excluding tert-OH is 1. The number of aliphatic hydroxyl groups is 1. The zero-order valence-corrected chi connectivity index (χ0v) is 33.6. The smallest absolute Gasteiger partial charge is 0.272 e. The van der Waals surface area contributed by atoms with Gasteiger partial charge in [0.25, 0.3) is 5.91 Å². The number of nitrogens with zero attached hydrogens (tertiary/aromatic N) is 3. The summed E-state index contributed by atoms with van der Waals surface area (Å²) in [7, 11) is -3.90. The van der Waals surface area contributed by atoms with Crippen molar-refractivity contribution >= 4 is 27.6 Å². The Morgan fingerprint density at radius 2 is 1.58 bits per heavy atom. The van der Waals surface area contributed by atoms with E-state index in [4.69, 9.17) is 0 Å². The minimum atomic E-state index is -3.90. The molecular formula is C39H62N6O6S. The van der Waals surface area contributed by atoms with Gasteiger partial charge in [-0.25, -0.2) is 8.42 Å². The number of benzene rings is 1. The summed E-state index contributed by atoms with van der Waals surface area (Å²) in [6.07, 6.45) is 5.31. The molecule has 1 aliphatic carbocycles. The molecule has 6 atom stereocenters. The largest absolute Gasteiger partial charge is 0.390 e. The number of hydrogen-bond donors (Lipinski definition) is 4. The molecule has 3 amide bonds. The maximum atomic E-state index is 14.3. The van der Waals surface area contributed by atoms with E-state index in [1.807, 2.05) is 78.8 Å². The van der Waals surface area contributed by atoms with Gasteiger partial charge in [0.05, 0.1) is 28.5 Å². The van der Waals surface area contributed by atoms with Crippen molar-refractivity contribution in [2.75, 3.05) is 19.3 Å². The molecule has 1 aliphatic heterocycles. The first-order valence-corrected chi connectivity index (χ1v) is 20.5. The topological polar surface area (TPSA) is 163 Å². The van der Waals surface area contributed by atoms with E-state index in [9.17, 15) is 27.9 Å². The maximum Gasteiger partial charge on any atom is 0.272 e. The second-order valence-corrected chi connectivity index (χ2v) is 20.3. The van der Waals surface area contributed by atoms with Crippen molar-refractivity contribution in [3.05, 3.63) is 53.3 Å². The van der Waals surface area contributed by atoms with E-state index in [1.165, 1.54) is 13.8 Å². The van der Waals surface area contributed by atoms with Gasteiger partial charge >= 0.3 is 0 Å². The summed E-state index contributed by atoms with van der Waals surface area (Å²) in [6, 6.07) is 8.18. The van der Waals surface area contributed by atoms with Crippen molar-refractivity contribution in [2.24, 2.45) is 11.8 Å². The Morgan fingerprint density at radius 1 is 0.962 bits per heavy atom. The average Bonchev–Trinajstić information content (AvgIpc) is 3.44. The van der Waals surface area contributed by atoms with E-state index in [1.54, 1.807) is 10.7 Å². The summed E-state index contributed by atoms with van der Waals surface area (Å²) < 4.78 is 26.3. The number of piperidine rings is 1. The summed E-state index contributed by atoms with van der Waals surface area (Å²) in [4.78, 5) is 43.8. The molecule has 4 rings (SSSR count). The second kappa shape index (κ2) is 16.0. The van der Waals surface area contributed by atoms with Gasteiger partial charge in [0.2, 0.25) is 11.8 Å². The van der Waals surface area contributed by atoms with E-state index in [2.05, 4.69) is 25.9 Å². The third-order valence-corrected chi connectivity index (χ3v) is 12.9. The first-order valence-electron chi connectivity index (χ1n) is 18.6. The van der Waals surface area contributed by atoms with Gasteiger partial charge in [-0.3, -0.25) is 24.0 Å². The predicted octanol–water partition coefficient (Wildman–Crippen LogP) is 3.75. The van der Waals surface area contributed by atoms with E-state index in [0.717, 1.165) is 43.2 Å². The number of hydrogen-bond acceptors (Lipinski definition) is 8. The lowest BCUT2D eigenvalue weighted by Gasteiger charge is -2.47. The van der Waals surface area contributed by atoms with Crippen molar-refractivity contribution in [3.63, 3.8) is 0 Å². The maximum absolute atomic E-state index is 14.3. The van der Waals surface area contributed by atoms with Gasteiger partial charge in [0, 0.05) is 30.6 Å². The molecule has 2 aromatic rings. The molecule has 0 radical (unpaired) electrons. The minimum absolute atomic E-state index is 0.0566. The third-order valence-electron chi connectivity index (χ3n) is 10.8. The zero-order chi connectivity index (χ0) is 38.8. The van der Waals surface area contributed by atoms with Gasteiger partial charge in [-0.15, -0.1) is 0 Å². The van der Waals surface area contributed by atoms with Crippen molar-refractivity contribution in [3.8, 4) is 0 Å². The Bertz CT molecular complexity index is 1680. The molecule has 4 N–H and O–H groups in total. The molecule has 2 aliphatic rings. The highest BCUT2D eigenvalue weighted by molar-refractivity contribution is 7.92. The number of aromatic nitrogens is 2. The number of amides is 3. The molecule has 1 aromatic carbocycles. The summed E-state index contributed by atoms with van der Waals surface area (Å²) in [5, 5.41) is 25.2. The molecule has 0 spiro atoms. The van der Waals surface area contributed by atoms with Crippen LogP contribution in [0.5, 0.6) is 0 Å². The van der Waals surface area contributed by atoms with Crippen LogP contribution in [-0.2, 0) is 31.4 Å². The fourth-order valence-electron chi connectivity index (χ4n) is 7.65. The molecule has 1 aromatic heterocycles. The van der Waals surface area contributed by atoms with Gasteiger partial charge in [0.15, 0.2) is 9.84 Å². The standard InChI is InChI=1S/C39H62N6O6S/c1-25-20-30(43-45(25)38(5,6)7)34(47)41-33(39(8,9)52(10,50)51)36(49)40-29(21-26-16-12-11-13-17-26)32(46)24-44-23-28-19-15-14-18-27(28)22-31(44)35(48)42-37(2,3)4/h11-13,16-17,20,27-29,31-33,46H,14-15,18-19,21-24H2,1-10H3,(H,40,49)(H,41,47)(H,42,48)/t27?,28?,29-,31-,32+,33+/m0/s1. The van der Waals surface area contributed by atoms with Crippen molar-refractivity contribution in [1.29, 1.82) is 0 Å². The lowest BCUT2D eigenvalue weighted by Crippen LogP contribution is -2.64. The first kappa shape index (κ1) is 41.5. The first-order chi connectivity index (χ1) is 24.0. The Kier molecular flexibility index (Phi) is 12.7. The van der Waals surface area contributed by atoms with E-state index < -0.39 is 61.7 Å². The van der Waals surface area contributed by atoms with Crippen LogP contribution in [0.25, 0.3) is 0 Å². The number of aryl methyl sites for hydroxylation is 1. The van der Waals surface area contributed by atoms with Crippen LogP contribution in [0.2, 0.25) is 0 Å². The highest BCUT2D eigenvalue weighted by Crippen LogP contribution is 2.39. The summed E-state index contributed by atoms with van der Waals surface area (Å²) in [6.45, 7) is 17.1. The Balaban J connectivity index is 1.65. The summed E-state index contributed by atoms with van der Waals surface area (Å²) in [5.41, 5.74) is 0.806. The van der Waals surface area contributed by atoms with Gasteiger partial charge in [-0.05, 0) is 105 Å². The lowest BCUT2D eigenvalue weighted by atomic mass is 9.72. The van der Waals surface area contributed by atoms with Crippen LogP contribution < -0.4 is 16.0 Å². The van der Waals surface area contributed by atoms with E-state index in [-0.39, 0.29) is 24.6 Å². The number of likely N-dealkylation sites (tertiary alicyclic amines) is 1. The lowest BCUT2D eigenvalue weighted by molar-refractivity contribution is -0.133. The molecule has 13 heteroatoms. The van der Waals surface area contributed by atoms with Crippen LogP contribution >= 0.6 is 0 Å². The van der Waals surface area contributed by atoms with Gasteiger partial charge in [-0.1, -0.05) is 49.6 Å². The SMILES string of the molecule is Cc1cc(C(=O)N[C@H](C(=O)N[C@@H](Cc2ccccc2)[C@H](O)CN2CC3CCCCC3C[C@H]2C(=O)NC(C)(C)C)C(C)(C)S(C)(=O)=O)nn1C(C)(C)C. The number of β-amino-alcohol motifs (C(OH)–C–C–N with tert-alkyl or cyclic N) is 1. The Hall–Kier alpha value is -3.29. The van der Waals surface area contributed by atoms with Gasteiger partial charge < -0.3 is 21.1 Å². The highest BCUT2D eigenvalue weighted by Gasteiger charge is 2.46. The van der Waals surface area contributed by atoms with Crippen LogP contribution in [0.4, 0.5) is 0 Å². The highest BCUT2D eigenvalue weighted by atomic mass is 32.2. The van der Waals surface area contributed by atoms with Crippen molar-refractivity contribution < 1.29 is 27.9 Å². The fraction of sp³-hybridized carbons (Fsp3) is 0.692. The van der Waals surface area contributed by atoms with Crippen LogP contribution in [0.3, 0.4) is 0 Å². The Labute approximate surface area is 310 Å². The summed E-state index contributed by atoms with van der Waals surface area (Å²) >= 11 is 0. The number of sulfone groups is 1. The van der Waals surface area contributed by atoms with Crippen LogP contribution in [0.15, 0.2) is 36.4 Å². The number of carbonyl (C=O) groups is 3. The van der Waals surface area contributed by atoms with Gasteiger partial charge in [-0.2, -0.15) is 5.10 Å². The van der Waals surface area contributed by atoms with E-state index in [0.29, 0.717) is 24.8 Å². The molecule has 0 bridgehead atoms. The summed E-state index contributed by atoms with van der Waals surface area (Å²) in [5.74, 6) is -0.648. The monoisotopic (exact) mass is 742 g/mol. The third kappa shape index (κ3) is 10.2. The minimum Gasteiger partial charge on any atom is -0.390 e. The molecule has 2 fully saturated rings. The average molecular weight is 743 g/mol. The number of rotatable bonds is 12. The number of nitrogens with one attached hydrogen (secondary N) is 3. The molecule has 1 saturated heterocycles. The molecule has 1 saturated carbocycles.